The van der Waals surface area contributed by atoms with Gasteiger partial charge < -0.3 is 9.64 Å². The normalized spacial score (nSPS) is 22.5. The van der Waals surface area contributed by atoms with Crippen LogP contribution in [0.3, 0.4) is 0 Å². The van der Waals surface area contributed by atoms with Crippen LogP contribution in [0.4, 0.5) is 0 Å². The van der Waals surface area contributed by atoms with Crippen LogP contribution in [-0.2, 0) is 14.8 Å². The molecule has 1 aromatic carbocycles. The van der Waals surface area contributed by atoms with Gasteiger partial charge in [-0.25, -0.2) is 13.1 Å². The second kappa shape index (κ2) is 11.1. The molecule has 186 valence electrons. The molecule has 12 heteroatoms. The van der Waals surface area contributed by atoms with Gasteiger partial charge in [-0.3, -0.25) is 4.79 Å². The third-order valence-corrected chi connectivity index (χ3v) is 10.2. The summed E-state index contributed by atoms with van der Waals surface area (Å²) in [5.41, 5.74) is 0. The Morgan fingerprint density at radius 2 is 1.65 bits per heavy atom. The number of hydrogen-bond donors (Lipinski definition) is 1. The number of sulfonamides is 1. The molecule has 6 nitrogen and oxygen atoms in total. The Kier molecular flexibility index (Phi) is 8.61. The summed E-state index contributed by atoms with van der Waals surface area (Å²) >= 11 is 24.8. The van der Waals surface area contributed by atoms with E-state index in [4.69, 9.17) is 51.1 Å². The van der Waals surface area contributed by atoms with Crippen LogP contribution >= 0.6 is 57.7 Å². The maximum atomic E-state index is 12.6. The Morgan fingerprint density at radius 3 is 2.24 bits per heavy atom. The number of likely N-dealkylation sites (tertiary alicyclic amines) is 1. The van der Waals surface area contributed by atoms with E-state index >= 15 is 0 Å². The van der Waals surface area contributed by atoms with Crippen LogP contribution < -0.4 is 9.46 Å². The summed E-state index contributed by atoms with van der Waals surface area (Å²) in [7, 11) is -4.04. The summed E-state index contributed by atoms with van der Waals surface area (Å²) in [6.07, 6.45) is 4.92. The van der Waals surface area contributed by atoms with Crippen molar-refractivity contribution in [1.29, 1.82) is 0 Å². The molecule has 0 spiro atoms. The summed E-state index contributed by atoms with van der Waals surface area (Å²) in [5.74, 6) is -0.0969. The fraction of sp³-hybridized carbons (Fsp3) is 0.500. The van der Waals surface area contributed by atoms with Crippen molar-refractivity contribution in [2.24, 2.45) is 5.92 Å². The van der Waals surface area contributed by atoms with Gasteiger partial charge in [-0.05, 0) is 56.7 Å². The monoisotopic (exact) mass is 584 g/mol. The van der Waals surface area contributed by atoms with Crippen LogP contribution in [0.5, 0.6) is 5.75 Å². The average Bonchev–Trinajstić information content (AvgIpc) is 3.15. The zero-order valence-electron chi connectivity index (χ0n) is 18.1. The average molecular weight is 586 g/mol. The molecule has 0 unspecified atom stereocenters. The van der Waals surface area contributed by atoms with Crippen molar-refractivity contribution >= 4 is 73.7 Å². The van der Waals surface area contributed by atoms with E-state index in [0.717, 1.165) is 55.9 Å². The number of thiophene rings is 1. The number of ether oxygens (including phenoxy) is 1. The molecule has 2 aromatic rings. The Labute approximate surface area is 223 Å². The van der Waals surface area contributed by atoms with Crippen LogP contribution in [-0.4, -0.2) is 44.5 Å². The van der Waals surface area contributed by atoms with Crippen LogP contribution in [0, 0.1) is 5.92 Å². The Balaban J connectivity index is 1.23. The van der Waals surface area contributed by atoms with Crippen molar-refractivity contribution in [3.8, 4) is 5.75 Å². The summed E-state index contributed by atoms with van der Waals surface area (Å²) in [4.78, 5) is 14.9. The maximum Gasteiger partial charge on any atom is 0.266 e. The number of halogens is 4. The Morgan fingerprint density at radius 1 is 0.971 bits per heavy atom. The highest BCUT2D eigenvalue weighted by molar-refractivity contribution is 7.90. The number of carbonyl (C=O) groups excluding carboxylic acids is 1. The van der Waals surface area contributed by atoms with E-state index in [-0.39, 0.29) is 25.6 Å². The van der Waals surface area contributed by atoms with Gasteiger partial charge in [0.25, 0.3) is 10.0 Å². The van der Waals surface area contributed by atoms with Gasteiger partial charge in [0.05, 0.1) is 14.4 Å². The molecule has 34 heavy (non-hydrogen) atoms. The first-order valence-corrected chi connectivity index (χ1v) is 14.8. The molecule has 1 saturated heterocycles. The summed E-state index contributed by atoms with van der Waals surface area (Å²) in [6, 6.07) is 6.95. The zero-order chi connectivity index (χ0) is 24.5. The minimum absolute atomic E-state index is 0.0422. The summed E-state index contributed by atoms with van der Waals surface area (Å²) in [5, 5.41) is 0.984. The van der Waals surface area contributed by atoms with E-state index in [0.29, 0.717) is 28.9 Å². The molecule has 2 heterocycles. The van der Waals surface area contributed by atoms with Gasteiger partial charge in [0.15, 0.2) is 0 Å². The Hall–Kier alpha value is -0.740. The van der Waals surface area contributed by atoms with Gasteiger partial charge in [-0.15, -0.1) is 11.3 Å². The standard InChI is InChI=1S/C22H24Cl4N2O4S2/c23-17-6-5-16(11-18(17)24)32-15-7-9-28(10-8-15)14-3-1-13(2-4-14)22(29)27-34(30,31)19-12-20(25)33-21(19)26/h5-6,11-15H,1-4,7-10H2,(H,27,29). The minimum atomic E-state index is -4.04. The molecule has 1 saturated carbocycles. The van der Waals surface area contributed by atoms with Gasteiger partial charge in [0.2, 0.25) is 5.91 Å². The van der Waals surface area contributed by atoms with Crippen molar-refractivity contribution in [2.75, 3.05) is 13.1 Å². The zero-order valence-corrected chi connectivity index (χ0v) is 22.8. The number of benzene rings is 1. The molecule has 0 bridgehead atoms. The molecule has 1 aliphatic heterocycles. The predicted octanol–water partition coefficient (Wildman–Crippen LogP) is 6.27. The molecule has 0 atom stereocenters. The first kappa shape index (κ1) is 26.3. The quantitative estimate of drug-likeness (QED) is 0.432. The van der Waals surface area contributed by atoms with Gasteiger partial charge >= 0.3 is 0 Å². The molecule has 1 amide bonds. The topological polar surface area (TPSA) is 75.7 Å². The molecule has 0 radical (unpaired) electrons. The second-order valence-electron chi connectivity index (χ2n) is 8.59. The lowest BCUT2D eigenvalue weighted by Gasteiger charge is -2.40. The number of nitrogens with zero attached hydrogens (tertiary/aromatic N) is 1. The number of amides is 1. The fourth-order valence-electron chi connectivity index (χ4n) is 4.58. The van der Waals surface area contributed by atoms with E-state index in [1.54, 1.807) is 12.1 Å². The molecule has 4 rings (SSSR count). The smallest absolute Gasteiger partial charge is 0.266 e. The third kappa shape index (κ3) is 6.33. The third-order valence-electron chi connectivity index (χ3n) is 6.40. The van der Waals surface area contributed by atoms with Crippen molar-refractivity contribution in [3.63, 3.8) is 0 Å². The van der Waals surface area contributed by atoms with Crippen LogP contribution in [0.1, 0.15) is 38.5 Å². The molecule has 1 aromatic heterocycles. The fourth-order valence-corrected chi connectivity index (χ4v) is 8.07. The highest BCUT2D eigenvalue weighted by atomic mass is 35.5. The van der Waals surface area contributed by atoms with E-state index in [1.807, 2.05) is 6.07 Å². The van der Waals surface area contributed by atoms with Gasteiger partial charge in [0, 0.05) is 31.1 Å². The summed E-state index contributed by atoms with van der Waals surface area (Å²) in [6.45, 7) is 1.83. The first-order valence-electron chi connectivity index (χ1n) is 11.0. The number of carbonyl (C=O) groups is 1. The van der Waals surface area contributed by atoms with Crippen molar-refractivity contribution in [1.82, 2.24) is 9.62 Å². The van der Waals surface area contributed by atoms with Gasteiger partial charge in [0.1, 0.15) is 21.1 Å². The van der Waals surface area contributed by atoms with Crippen molar-refractivity contribution in [3.05, 3.63) is 43.0 Å². The molecule has 1 N–H and O–H groups in total. The van der Waals surface area contributed by atoms with Gasteiger partial charge in [-0.1, -0.05) is 46.4 Å². The van der Waals surface area contributed by atoms with E-state index in [9.17, 15) is 13.2 Å². The van der Waals surface area contributed by atoms with Crippen LogP contribution in [0.2, 0.25) is 18.7 Å². The molecular weight excluding hydrogens is 562 g/mol. The lowest BCUT2D eigenvalue weighted by molar-refractivity contribution is -0.124. The lowest BCUT2D eigenvalue weighted by atomic mass is 9.84. The number of hydrogen-bond acceptors (Lipinski definition) is 6. The molecule has 2 aliphatic rings. The Bertz CT molecular complexity index is 1140. The highest BCUT2D eigenvalue weighted by Crippen LogP contribution is 2.35. The maximum absolute atomic E-state index is 12.6. The first-order chi connectivity index (χ1) is 16.1. The van der Waals surface area contributed by atoms with E-state index < -0.39 is 15.9 Å². The van der Waals surface area contributed by atoms with Crippen molar-refractivity contribution < 1.29 is 17.9 Å². The molecular formula is C22H24Cl4N2O4S2. The molecule has 2 fully saturated rings. The minimum Gasteiger partial charge on any atom is -0.490 e. The number of piperidine rings is 1. The van der Waals surface area contributed by atoms with Crippen LogP contribution in [0.25, 0.3) is 0 Å². The predicted molar refractivity (Wildman–Crippen MR) is 137 cm³/mol. The largest absolute Gasteiger partial charge is 0.490 e. The van der Waals surface area contributed by atoms with Crippen LogP contribution in [0.15, 0.2) is 29.2 Å². The lowest BCUT2D eigenvalue weighted by Crippen LogP contribution is -2.46. The highest BCUT2D eigenvalue weighted by Gasteiger charge is 2.34. The summed E-state index contributed by atoms with van der Waals surface area (Å²) < 4.78 is 33.6. The number of rotatable bonds is 6. The second-order valence-corrected chi connectivity index (χ2v) is 13.3. The number of nitrogens with one attached hydrogen (secondary N) is 1. The van der Waals surface area contributed by atoms with E-state index in [2.05, 4.69) is 9.62 Å². The van der Waals surface area contributed by atoms with Gasteiger partial charge in [-0.2, -0.15) is 0 Å². The SMILES string of the molecule is O=C(NS(=O)(=O)c1cc(Cl)sc1Cl)C1CCC(N2CCC(Oc3ccc(Cl)c(Cl)c3)CC2)CC1. The molecule has 1 aliphatic carbocycles. The van der Waals surface area contributed by atoms with E-state index in [1.165, 1.54) is 6.07 Å². The van der Waals surface area contributed by atoms with Crippen molar-refractivity contribution in [2.45, 2.75) is 55.6 Å².